The largest absolute Gasteiger partial charge is 0.386 e. The highest BCUT2D eigenvalue weighted by atomic mass is 127. The molecule has 0 saturated carbocycles. The molecule has 0 aliphatic rings. The smallest absolute Gasteiger partial charge is 0.0850 e. The van der Waals surface area contributed by atoms with Crippen molar-refractivity contribution in [2.45, 2.75) is 19.3 Å². The number of rotatable bonds is 1. The molecule has 0 aliphatic heterocycles. The highest BCUT2D eigenvalue weighted by Crippen LogP contribution is 2.24. The van der Waals surface area contributed by atoms with Crippen molar-refractivity contribution < 1.29 is 13.3 Å². The Kier molecular flexibility index (Phi) is 1.06. The van der Waals surface area contributed by atoms with Gasteiger partial charge < -0.3 is 5.11 Å². The number of hydrogen-bond donors (Lipinski definition) is 1. The number of benzene rings is 1. The van der Waals surface area contributed by atoms with Crippen molar-refractivity contribution in [3.63, 3.8) is 0 Å². The van der Waals surface area contributed by atoms with Gasteiger partial charge in [0.15, 0.2) is 0 Å². The molecule has 0 fully saturated rings. The lowest BCUT2D eigenvalue weighted by atomic mass is 9.99. The van der Waals surface area contributed by atoms with Crippen LogP contribution in [0.2, 0.25) is 0 Å². The van der Waals surface area contributed by atoms with Gasteiger partial charge in [0.25, 0.3) is 0 Å². The average Bonchev–Trinajstić information content (AvgIpc) is 2.13. The first-order chi connectivity index (χ1) is 7.52. The summed E-state index contributed by atoms with van der Waals surface area (Å²) in [6.07, 6.45) is 0. The third kappa shape index (κ3) is 2.17. The summed E-state index contributed by atoms with van der Waals surface area (Å²) < 4.78 is 44.2. The highest BCUT2D eigenvalue weighted by molar-refractivity contribution is 14.1. The van der Waals surface area contributed by atoms with E-state index in [1.165, 1.54) is 12.1 Å². The lowest BCUT2D eigenvalue weighted by Gasteiger charge is -2.18. The van der Waals surface area contributed by atoms with Gasteiger partial charge in [-0.3, -0.25) is 0 Å². The summed E-state index contributed by atoms with van der Waals surface area (Å²) in [6.45, 7) is -6.06. The molecule has 0 aromatic heterocycles. The maximum absolute atomic E-state index is 10.2. The summed E-state index contributed by atoms with van der Waals surface area (Å²) in [7, 11) is 0. The molecule has 0 aliphatic carbocycles. The van der Waals surface area contributed by atoms with E-state index in [0.717, 1.165) is 0 Å². The minimum Gasteiger partial charge on any atom is -0.386 e. The first kappa shape index (κ1) is 3.75. The van der Waals surface area contributed by atoms with Gasteiger partial charge >= 0.3 is 0 Å². The van der Waals surface area contributed by atoms with E-state index in [-0.39, 0.29) is 5.56 Å². The van der Waals surface area contributed by atoms with E-state index in [0.29, 0.717) is 3.57 Å². The fourth-order valence-electron chi connectivity index (χ4n) is 0.755. The average molecular weight is 268 g/mol. The Balaban J connectivity index is 3.53. The molecule has 1 rings (SSSR count). The fourth-order valence-corrected chi connectivity index (χ4v) is 1.53. The van der Waals surface area contributed by atoms with Gasteiger partial charge in [-0.25, -0.2) is 0 Å². The van der Waals surface area contributed by atoms with E-state index >= 15 is 0 Å². The molecule has 1 aromatic carbocycles. The molecule has 0 unspecified atom stereocenters. The molecule has 1 aromatic rings. The normalized spacial score (nSPS) is 22.0. The number of aliphatic hydroxyl groups is 1. The molecule has 0 radical (unpaired) electrons. The summed E-state index contributed by atoms with van der Waals surface area (Å²) in [5.41, 5.74) is -2.95. The van der Waals surface area contributed by atoms with Crippen LogP contribution in [0.15, 0.2) is 24.3 Å². The Labute approximate surface area is 89.0 Å². The predicted octanol–water partition coefficient (Wildman–Crippen LogP) is 2.52. The van der Waals surface area contributed by atoms with Gasteiger partial charge in [-0.2, -0.15) is 0 Å². The quantitative estimate of drug-likeness (QED) is 0.776. The zero-order valence-electron chi connectivity index (χ0n) is 11.6. The van der Waals surface area contributed by atoms with Crippen LogP contribution in [0, 0.1) is 3.57 Å². The Morgan fingerprint density at radius 1 is 1.45 bits per heavy atom. The predicted molar refractivity (Wildman–Crippen MR) is 54.4 cm³/mol. The van der Waals surface area contributed by atoms with E-state index in [1.54, 1.807) is 34.7 Å². The minimum absolute atomic E-state index is 0.0967. The van der Waals surface area contributed by atoms with Crippen molar-refractivity contribution in [2.24, 2.45) is 0 Å². The third-order valence-corrected chi connectivity index (χ3v) is 2.20. The Bertz CT molecular complexity index is 397. The summed E-state index contributed by atoms with van der Waals surface area (Å²) in [5.74, 6) is 0. The molecule has 2 heteroatoms. The molecule has 0 heterocycles. The van der Waals surface area contributed by atoms with Crippen LogP contribution in [0.25, 0.3) is 0 Å². The maximum atomic E-state index is 10.2. The van der Waals surface area contributed by atoms with E-state index in [4.69, 9.17) is 8.22 Å². The molecule has 0 spiro atoms. The van der Waals surface area contributed by atoms with Crippen LogP contribution < -0.4 is 0 Å². The standard InChI is InChI=1S/C9H11IO/c1-9(2,11)7-5-3-4-6-8(7)10/h3-6,11H,1-2H3/i1D3,2D3. The monoisotopic (exact) mass is 268 g/mol. The first-order valence-electron chi connectivity index (χ1n) is 5.99. The van der Waals surface area contributed by atoms with Gasteiger partial charge in [0.05, 0.1) is 5.60 Å². The van der Waals surface area contributed by atoms with E-state index in [9.17, 15) is 5.11 Å². The van der Waals surface area contributed by atoms with Crippen LogP contribution in [-0.4, -0.2) is 5.11 Å². The molecule has 1 nitrogen and oxygen atoms in total. The molecule has 60 valence electrons. The topological polar surface area (TPSA) is 20.2 Å². The van der Waals surface area contributed by atoms with Crippen LogP contribution in [0.5, 0.6) is 0 Å². The molecule has 0 saturated heterocycles. The number of hydrogen-bond acceptors (Lipinski definition) is 1. The second-order valence-corrected chi connectivity index (χ2v) is 3.35. The molecule has 0 atom stereocenters. The Morgan fingerprint density at radius 3 is 2.64 bits per heavy atom. The summed E-state index contributed by atoms with van der Waals surface area (Å²) in [6, 6.07) is 6.02. The SMILES string of the molecule is [2H]C([2H])([2H])C(O)(c1ccccc1I)C([2H])([2H])[2H]. The van der Waals surface area contributed by atoms with Gasteiger partial charge in [0.2, 0.25) is 0 Å². The van der Waals surface area contributed by atoms with Gasteiger partial charge in [-0.05, 0) is 47.9 Å². The zero-order chi connectivity index (χ0) is 13.5. The molecular formula is C9H11IO. The highest BCUT2D eigenvalue weighted by Gasteiger charge is 2.17. The van der Waals surface area contributed by atoms with Crippen LogP contribution in [0.1, 0.15) is 27.5 Å². The van der Waals surface area contributed by atoms with Gasteiger partial charge in [-0.15, -0.1) is 0 Å². The summed E-state index contributed by atoms with van der Waals surface area (Å²) >= 11 is 1.81. The second kappa shape index (κ2) is 3.11. The summed E-state index contributed by atoms with van der Waals surface area (Å²) in [4.78, 5) is 0. The molecule has 1 N–H and O–H groups in total. The van der Waals surface area contributed by atoms with E-state index in [2.05, 4.69) is 0 Å². The second-order valence-electron chi connectivity index (χ2n) is 2.19. The van der Waals surface area contributed by atoms with Gasteiger partial charge in [0, 0.05) is 11.8 Å². The summed E-state index contributed by atoms with van der Waals surface area (Å²) in [5, 5.41) is 10.2. The molecule has 11 heavy (non-hydrogen) atoms. The van der Waals surface area contributed by atoms with Crippen LogP contribution in [0.3, 0.4) is 0 Å². The number of halogens is 1. The molecular weight excluding hydrogens is 251 g/mol. The van der Waals surface area contributed by atoms with E-state index in [1.807, 2.05) is 0 Å². The molecule has 0 bridgehead atoms. The van der Waals surface area contributed by atoms with E-state index < -0.39 is 19.3 Å². The van der Waals surface area contributed by atoms with Crippen molar-refractivity contribution in [3.8, 4) is 0 Å². The van der Waals surface area contributed by atoms with Crippen LogP contribution in [-0.2, 0) is 5.60 Å². The Hall–Kier alpha value is -0.0900. The minimum atomic E-state index is -3.03. The van der Waals surface area contributed by atoms with Crippen LogP contribution in [0.4, 0.5) is 0 Å². The lowest BCUT2D eigenvalue weighted by Crippen LogP contribution is -2.16. The fraction of sp³-hybridized carbons (Fsp3) is 0.333. The van der Waals surface area contributed by atoms with Crippen molar-refractivity contribution >= 4 is 22.6 Å². The van der Waals surface area contributed by atoms with Crippen molar-refractivity contribution in [1.82, 2.24) is 0 Å². The van der Waals surface area contributed by atoms with Crippen molar-refractivity contribution in [2.75, 3.05) is 0 Å². The lowest BCUT2D eigenvalue weighted by molar-refractivity contribution is 0.0777. The third-order valence-electron chi connectivity index (χ3n) is 1.26. The maximum Gasteiger partial charge on any atom is 0.0850 e. The van der Waals surface area contributed by atoms with Crippen molar-refractivity contribution in [1.29, 1.82) is 0 Å². The molecule has 0 amide bonds. The first-order valence-corrected chi connectivity index (χ1v) is 4.07. The zero-order valence-corrected chi connectivity index (χ0v) is 7.79. The van der Waals surface area contributed by atoms with Gasteiger partial charge in [-0.1, -0.05) is 18.2 Å². The van der Waals surface area contributed by atoms with Crippen LogP contribution >= 0.6 is 22.6 Å². The van der Waals surface area contributed by atoms with Crippen molar-refractivity contribution in [3.05, 3.63) is 33.4 Å². The van der Waals surface area contributed by atoms with Gasteiger partial charge in [0.1, 0.15) is 0 Å². The Morgan fingerprint density at radius 2 is 2.09 bits per heavy atom.